The SMILES string of the molecule is CCOCC(C)OCCC(N)C#N. The van der Waals surface area contributed by atoms with Crippen molar-refractivity contribution in [3.05, 3.63) is 0 Å². The van der Waals surface area contributed by atoms with Gasteiger partial charge in [0, 0.05) is 13.2 Å². The summed E-state index contributed by atoms with van der Waals surface area (Å²) in [4.78, 5) is 0. The lowest BCUT2D eigenvalue weighted by Crippen LogP contribution is -2.23. The highest BCUT2D eigenvalue weighted by molar-refractivity contribution is 4.85. The van der Waals surface area contributed by atoms with Gasteiger partial charge in [0.1, 0.15) is 0 Å². The van der Waals surface area contributed by atoms with Gasteiger partial charge in [-0.25, -0.2) is 0 Å². The summed E-state index contributed by atoms with van der Waals surface area (Å²) in [7, 11) is 0. The van der Waals surface area contributed by atoms with Gasteiger partial charge in [0.15, 0.2) is 0 Å². The highest BCUT2D eigenvalue weighted by atomic mass is 16.5. The normalized spacial score (nSPS) is 14.9. The van der Waals surface area contributed by atoms with Crippen molar-refractivity contribution in [1.29, 1.82) is 5.26 Å². The van der Waals surface area contributed by atoms with E-state index in [1.165, 1.54) is 0 Å². The van der Waals surface area contributed by atoms with Crippen LogP contribution in [0, 0.1) is 11.3 Å². The number of hydrogen-bond donors (Lipinski definition) is 1. The zero-order valence-corrected chi connectivity index (χ0v) is 8.32. The quantitative estimate of drug-likeness (QED) is 0.634. The summed E-state index contributed by atoms with van der Waals surface area (Å²) in [6.07, 6.45) is 0.651. The van der Waals surface area contributed by atoms with Crippen LogP contribution in [0.25, 0.3) is 0 Å². The third-order valence-corrected chi connectivity index (χ3v) is 1.55. The molecule has 0 amide bonds. The number of nitrogens with zero attached hydrogens (tertiary/aromatic N) is 1. The van der Waals surface area contributed by atoms with Gasteiger partial charge in [-0.1, -0.05) is 0 Å². The maximum Gasteiger partial charge on any atom is 0.0950 e. The molecule has 0 spiro atoms. The Morgan fingerprint density at radius 3 is 2.77 bits per heavy atom. The number of rotatable bonds is 7. The van der Waals surface area contributed by atoms with Crippen LogP contribution < -0.4 is 5.73 Å². The molecular formula is C9H18N2O2. The second-order valence-corrected chi connectivity index (χ2v) is 2.87. The summed E-state index contributed by atoms with van der Waals surface area (Å²) >= 11 is 0. The largest absolute Gasteiger partial charge is 0.379 e. The van der Waals surface area contributed by atoms with Crippen molar-refractivity contribution < 1.29 is 9.47 Å². The molecule has 2 N–H and O–H groups in total. The monoisotopic (exact) mass is 186 g/mol. The van der Waals surface area contributed by atoms with Gasteiger partial charge in [0.05, 0.1) is 24.8 Å². The standard InChI is InChI=1S/C9H18N2O2/c1-3-12-7-8(2)13-5-4-9(11)6-10/h8-9H,3-5,7,11H2,1-2H3. The van der Waals surface area contributed by atoms with Crippen LogP contribution in [-0.4, -0.2) is 32.0 Å². The minimum atomic E-state index is -0.417. The first-order valence-electron chi connectivity index (χ1n) is 4.55. The maximum atomic E-state index is 8.39. The fraction of sp³-hybridized carbons (Fsp3) is 0.889. The molecule has 0 heterocycles. The molecule has 2 atom stereocenters. The fourth-order valence-electron chi connectivity index (χ4n) is 0.793. The van der Waals surface area contributed by atoms with E-state index >= 15 is 0 Å². The van der Waals surface area contributed by atoms with Gasteiger partial charge in [-0.2, -0.15) is 5.26 Å². The van der Waals surface area contributed by atoms with Crippen LogP contribution >= 0.6 is 0 Å². The van der Waals surface area contributed by atoms with Crippen LogP contribution in [0.15, 0.2) is 0 Å². The Hall–Kier alpha value is -0.630. The summed E-state index contributed by atoms with van der Waals surface area (Å²) < 4.78 is 10.5. The molecule has 4 nitrogen and oxygen atoms in total. The number of ether oxygens (including phenoxy) is 2. The van der Waals surface area contributed by atoms with Crippen molar-refractivity contribution in [2.24, 2.45) is 5.73 Å². The van der Waals surface area contributed by atoms with Gasteiger partial charge in [-0.15, -0.1) is 0 Å². The van der Waals surface area contributed by atoms with Crippen molar-refractivity contribution in [3.63, 3.8) is 0 Å². The molecule has 0 saturated carbocycles. The fourth-order valence-corrected chi connectivity index (χ4v) is 0.793. The van der Waals surface area contributed by atoms with Crippen LogP contribution in [-0.2, 0) is 9.47 Å². The topological polar surface area (TPSA) is 68.3 Å². The van der Waals surface area contributed by atoms with Crippen LogP contribution in [0.3, 0.4) is 0 Å². The Morgan fingerprint density at radius 1 is 1.54 bits per heavy atom. The molecule has 0 aromatic heterocycles. The lowest BCUT2D eigenvalue weighted by molar-refractivity contribution is -0.00452. The zero-order chi connectivity index (χ0) is 10.1. The Kier molecular flexibility index (Phi) is 7.60. The highest BCUT2D eigenvalue weighted by Crippen LogP contribution is 1.95. The predicted molar refractivity (Wildman–Crippen MR) is 50.1 cm³/mol. The Balaban J connectivity index is 3.27. The average Bonchev–Trinajstić information content (AvgIpc) is 2.14. The second-order valence-electron chi connectivity index (χ2n) is 2.87. The number of hydrogen-bond acceptors (Lipinski definition) is 4. The van der Waals surface area contributed by atoms with E-state index in [-0.39, 0.29) is 6.10 Å². The minimum absolute atomic E-state index is 0.0749. The molecule has 4 heteroatoms. The van der Waals surface area contributed by atoms with E-state index in [1.54, 1.807) is 0 Å². The Labute approximate surface area is 79.6 Å². The second kappa shape index (κ2) is 7.99. The van der Waals surface area contributed by atoms with Crippen LogP contribution in [0.4, 0.5) is 0 Å². The maximum absolute atomic E-state index is 8.39. The summed E-state index contributed by atoms with van der Waals surface area (Å²) in [5.74, 6) is 0. The van der Waals surface area contributed by atoms with Crippen molar-refractivity contribution in [2.45, 2.75) is 32.4 Å². The Morgan fingerprint density at radius 2 is 2.23 bits per heavy atom. The minimum Gasteiger partial charge on any atom is -0.379 e. The van der Waals surface area contributed by atoms with Gasteiger partial charge in [-0.3, -0.25) is 0 Å². The Bertz CT molecular complexity index is 156. The summed E-state index contributed by atoms with van der Waals surface area (Å²) in [5.41, 5.74) is 5.39. The van der Waals surface area contributed by atoms with Gasteiger partial charge in [-0.05, 0) is 20.3 Å². The summed E-state index contributed by atoms with van der Waals surface area (Å²) in [5, 5.41) is 8.39. The summed E-state index contributed by atoms with van der Waals surface area (Å²) in [6.45, 7) is 5.69. The van der Waals surface area contributed by atoms with E-state index in [4.69, 9.17) is 20.5 Å². The first kappa shape index (κ1) is 12.4. The van der Waals surface area contributed by atoms with Gasteiger partial charge >= 0.3 is 0 Å². The molecule has 0 aromatic rings. The smallest absolute Gasteiger partial charge is 0.0950 e. The van der Waals surface area contributed by atoms with Crippen LogP contribution in [0.1, 0.15) is 20.3 Å². The van der Waals surface area contributed by atoms with Crippen molar-refractivity contribution in [2.75, 3.05) is 19.8 Å². The van der Waals surface area contributed by atoms with E-state index in [0.717, 1.165) is 0 Å². The van der Waals surface area contributed by atoms with Crippen molar-refractivity contribution >= 4 is 0 Å². The lowest BCUT2D eigenvalue weighted by Gasteiger charge is -2.12. The molecule has 0 aromatic carbocycles. The average molecular weight is 186 g/mol. The molecule has 2 unspecified atom stereocenters. The van der Waals surface area contributed by atoms with Crippen LogP contribution in [0.5, 0.6) is 0 Å². The predicted octanol–water partition coefficient (Wildman–Crippen LogP) is 0.669. The number of nitriles is 1. The van der Waals surface area contributed by atoms with Crippen LogP contribution in [0.2, 0.25) is 0 Å². The molecule has 0 bridgehead atoms. The molecule has 0 radical (unpaired) electrons. The first-order valence-corrected chi connectivity index (χ1v) is 4.55. The lowest BCUT2D eigenvalue weighted by atomic mass is 10.2. The molecule has 0 saturated heterocycles. The third-order valence-electron chi connectivity index (χ3n) is 1.55. The van der Waals surface area contributed by atoms with E-state index in [0.29, 0.717) is 26.2 Å². The van der Waals surface area contributed by atoms with E-state index in [2.05, 4.69) is 0 Å². The van der Waals surface area contributed by atoms with Crippen molar-refractivity contribution in [1.82, 2.24) is 0 Å². The van der Waals surface area contributed by atoms with E-state index in [9.17, 15) is 0 Å². The molecule has 13 heavy (non-hydrogen) atoms. The van der Waals surface area contributed by atoms with E-state index in [1.807, 2.05) is 19.9 Å². The molecule has 0 fully saturated rings. The third kappa shape index (κ3) is 7.72. The number of nitrogens with two attached hydrogens (primary N) is 1. The van der Waals surface area contributed by atoms with Gasteiger partial charge in [0.25, 0.3) is 0 Å². The van der Waals surface area contributed by atoms with Gasteiger partial charge < -0.3 is 15.2 Å². The molecule has 0 aliphatic carbocycles. The van der Waals surface area contributed by atoms with E-state index < -0.39 is 6.04 Å². The highest BCUT2D eigenvalue weighted by Gasteiger charge is 2.03. The molecule has 76 valence electrons. The first-order chi connectivity index (χ1) is 6.20. The molecule has 0 aliphatic rings. The molecule has 0 rings (SSSR count). The molecular weight excluding hydrogens is 168 g/mol. The van der Waals surface area contributed by atoms with Gasteiger partial charge in [0.2, 0.25) is 0 Å². The zero-order valence-electron chi connectivity index (χ0n) is 8.32. The summed E-state index contributed by atoms with van der Waals surface area (Å²) in [6, 6.07) is 1.53. The van der Waals surface area contributed by atoms with Crippen molar-refractivity contribution in [3.8, 4) is 6.07 Å². The molecule has 0 aliphatic heterocycles.